The number of nitrogens with zero attached hydrogens (tertiary/aromatic N) is 2. The second-order valence-electron chi connectivity index (χ2n) is 5.07. The van der Waals surface area contributed by atoms with E-state index in [-0.39, 0.29) is 17.8 Å². The molecule has 21 heavy (non-hydrogen) atoms. The van der Waals surface area contributed by atoms with Crippen molar-refractivity contribution in [1.82, 2.24) is 20.1 Å². The molecule has 0 bridgehead atoms. The minimum atomic E-state index is -0.195. The Bertz CT molecular complexity index is 680. The van der Waals surface area contributed by atoms with Gasteiger partial charge >= 0.3 is 5.69 Å². The quantitative estimate of drug-likeness (QED) is 0.885. The van der Waals surface area contributed by atoms with Crippen LogP contribution in [0.1, 0.15) is 38.4 Å². The van der Waals surface area contributed by atoms with E-state index in [4.69, 9.17) is 11.6 Å². The summed E-state index contributed by atoms with van der Waals surface area (Å²) in [6, 6.07) is 6.13. The molecule has 0 amide bonds. The molecule has 114 valence electrons. The van der Waals surface area contributed by atoms with E-state index < -0.39 is 0 Å². The van der Waals surface area contributed by atoms with Crippen LogP contribution in [0, 0.1) is 0 Å². The largest absolute Gasteiger partial charge is 0.344 e. The fourth-order valence-corrected chi connectivity index (χ4v) is 3.42. The summed E-state index contributed by atoms with van der Waals surface area (Å²) in [7, 11) is 1.90. The SMILES string of the molecule is CNC(C)c1ccc(Sc2n[nH]c(=O)n2C(C)C)cc1Cl. The van der Waals surface area contributed by atoms with Gasteiger partial charge in [-0.1, -0.05) is 17.7 Å². The molecule has 1 unspecified atom stereocenters. The lowest BCUT2D eigenvalue weighted by atomic mass is 10.1. The number of aromatic nitrogens is 3. The summed E-state index contributed by atoms with van der Waals surface area (Å²) in [6.07, 6.45) is 0. The summed E-state index contributed by atoms with van der Waals surface area (Å²) in [6.45, 7) is 5.95. The number of halogens is 1. The first-order chi connectivity index (χ1) is 9.93. The molecule has 0 aliphatic rings. The smallest absolute Gasteiger partial charge is 0.313 e. The van der Waals surface area contributed by atoms with Crippen LogP contribution in [-0.4, -0.2) is 21.8 Å². The van der Waals surface area contributed by atoms with Crippen molar-refractivity contribution in [2.75, 3.05) is 7.05 Å². The summed E-state index contributed by atoms with van der Waals surface area (Å²) in [5, 5.41) is 11.1. The average Bonchev–Trinajstić information content (AvgIpc) is 2.79. The fraction of sp³-hybridized carbons (Fsp3) is 0.429. The Morgan fingerprint density at radius 3 is 2.67 bits per heavy atom. The Morgan fingerprint density at radius 2 is 2.10 bits per heavy atom. The van der Waals surface area contributed by atoms with Gasteiger partial charge in [0.15, 0.2) is 5.16 Å². The lowest BCUT2D eigenvalue weighted by Gasteiger charge is -2.13. The molecule has 7 heteroatoms. The third kappa shape index (κ3) is 3.51. The van der Waals surface area contributed by atoms with Crippen LogP contribution in [0.4, 0.5) is 0 Å². The van der Waals surface area contributed by atoms with Gasteiger partial charge in [0.2, 0.25) is 0 Å². The molecule has 0 saturated heterocycles. The van der Waals surface area contributed by atoms with Gasteiger partial charge in [-0.05, 0) is 57.3 Å². The predicted molar refractivity (Wildman–Crippen MR) is 86.3 cm³/mol. The molecule has 5 nitrogen and oxygen atoms in total. The van der Waals surface area contributed by atoms with Crippen LogP contribution in [0.25, 0.3) is 0 Å². The summed E-state index contributed by atoms with van der Waals surface area (Å²) in [4.78, 5) is 12.7. The molecule has 0 aliphatic carbocycles. The Kier molecular flexibility index (Phi) is 5.13. The highest BCUT2D eigenvalue weighted by molar-refractivity contribution is 7.99. The molecule has 1 heterocycles. The fourth-order valence-electron chi connectivity index (χ4n) is 2.00. The molecule has 0 aliphatic heterocycles. The number of hydrogen-bond acceptors (Lipinski definition) is 4. The molecule has 1 aromatic heterocycles. The van der Waals surface area contributed by atoms with Gasteiger partial charge in [-0.25, -0.2) is 9.89 Å². The van der Waals surface area contributed by atoms with Gasteiger partial charge in [0, 0.05) is 22.0 Å². The zero-order chi connectivity index (χ0) is 15.6. The molecule has 0 spiro atoms. The van der Waals surface area contributed by atoms with Gasteiger partial charge in [0.1, 0.15) is 0 Å². The van der Waals surface area contributed by atoms with Crippen molar-refractivity contribution < 1.29 is 0 Å². The summed E-state index contributed by atoms with van der Waals surface area (Å²) in [5.41, 5.74) is 0.853. The van der Waals surface area contributed by atoms with Crippen LogP contribution in [0.5, 0.6) is 0 Å². The highest BCUT2D eigenvalue weighted by atomic mass is 35.5. The van der Waals surface area contributed by atoms with Crippen molar-refractivity contribution >= 4 is 23.4 Å². The van der Waals surface area contributed by atoms with E-state index in [2.05, 4.69) is 22.4 Å². The topological polar surface area (TPSA) is 62.7 Å². The average molecular weight is 327 g/mol. The monoisotopic (exact) mass is 326 g/mol. The van der Waals surface area contributed by atoms with Gasteiger partial charge in [-0.15, -0.1) is 5.10 Å². The van der Waals surface area contributed by atoms with Crippen LogP contribution < -0.4 is 11.0 Å². The Hall–Kier alpha value is -1.24. The molecule has 0 saturated carbocycles. The summed E-state index contributed by atoms with van der Waals surface area (Å²) >= 11 is 7.75. The lowest BCUT2D eigenvalue weighted by molar-refractivity contribution is 0.534. The molecule has 1 aromatic carbocycles. The van der Waals surface area contributed by atoms with E-state index in [1.165, 1.54) is 11.8 Å². The maximum Gasteiger partial charge on any atom is 0.344 e. The van der Waals surface area contributed by atoms with Crippen LogP contribution >= 0.6 is 23.4 Å². The Morgan fingerprint density at radius 1 is 1.38 bits per heavy atom. The van der Waals surface area contributed by atoms with E-state index >= 15 is 0 Å². The molecular formula is C14H19ClN4OS. The molecule has 2 N–H and O–H groups in total. The van der Waals surface area contributed by atoms with Gasteiger partial charge in [0.25, 0.3) is 0 Å². The van der Waals surface area contributed by atoms with Crippen molar-refractivity contribution in [2.45, 2.75) is 42.9 Å². The van der Waals surface area contributed by atoms with E-state index in [0.717, 1.165) is 10.5 Å². The first kappa shape index (κ1) is 16.1. The molecular weight excluding hydrogens is 308 g/mol. The second-order valence-corrected chi connectivity index (χ2v) is 6.52. The number of benzene rings is 1. The lowest BCUT2D eigenvalue weighted by Crippen LogP contribution is -2.19. The van der Waals surface area contributed by atoms with Crippen molar-refractivity contribution in [2.24, 2.45) is 0 Å². The highest BCUT2D eigenvalue weighted by Gasteiger charge is 2.14. The third-order valence-corrected chi connectivity index (χ3v) is 4.56. The normalized spacial score (nSPS) is 12.9. The first-order valence-electron chi connectivity index (χ1n) is 6.75. The highest BCUT2D eigenvalue weighted by Crippen LogP contribution is 2.32. The summed E-state index contributed by atoms with van der Waals surface area (Å²) in [5.74, 6) is 0. The second kappa shape index (κ2) is 6.68. The van der Waals surface area contributed by atoms with Gasteiger partial charge in [-0.3, -0.25) is 4.57 Å². The van der Waals surface area contributed by atoms with Crippen molar-refractivity contribution in [3.63, 3.8) is 0 Å². The number of nitrogens with one attached hydrogen (secondary N) is 2. The van der Waals surface area contributed by atoms with Gasteiger partial charge < -0.3 is 5.32 Å². The third-order valence-electron chi connectivity index (χ3n) is 3.27. The van der Waals surface area contributed by atoms with E-state index in [1.807, 2.05) is 39.1 Å². The predicted octanol–water partition coefficient (Wildman–Crippen LogP) is 3.24. The zero-order valence-electron chi connectivity index (χ0n) is 12.5. The minimum absolute atomic E-state index is 0.0535. The molecule has 2 rings (SSSR count). The van der Waals surface area contributed by atoms with Crippen LogP contribution in [0.2, 0.25) is 5.02 Å². The van der Waals surface area contributed by atoms with Crippen LogP contribution in [0.15, 0.2) is 33.0 Å². The van der Waals surface area contributed by atoms with Crippen LogP contribution in [-0.2, 0) is 0 Å². The molecule has 2 aromatic rings. The molecule has 0 radical (unpaired) electrons. The molecule has 0 fully saturated rings. The number of hydrogen-bond donors (Lipinski definition) is 2. The number of rotatable bonds is 5. The van der Waals surface area contributed by atoms with Crippen LogP contribution in [0.3, 0.4) is 0 Å². The Labute approximate surface area is 133 Å². The maximum atomic E-state index is 11.7. The van der Waals surface area contributed by atoms with Crippen molar-refractivity contribution in [1.29, 1.82) is 0 Å². The van der Waals surface area contributed by atoms with Crippen molar-refractivity contribution in [3.8, 4) is 0 Å². The van der Waals surface area contributed by atoms with E-state index in [0.29, 0.717) is 10.2 Å². The standard InChI is InChI=1S/C14H19ClN4OS/c1-8(2)19-13(20)17-18-14(19)21-10-5-6-11(9(3)16-4)12(15)7-10/h5-9,16H,1-4H3,(H,17,20). The Balaban J connectivity index is 2.29. The number of H-pyrrole nitrogens is 1. The van der Waals surface area contributed by atoms with E-state index in [1.54, 1.807) is 4.57 Å². The molecule has 1 atom stereocenters. The maximum absolute atomic E-state index is 11.7. The minimum Gasteiger partial charge on any atom is -0.313 e. The van der Waals surface area contributed by atoms with E-state index in [9.17, 15) is 4.79 Å². The summed E-state index contributed by atoms with van der Waals surface area (Å²) < 4.78 is 1.63. The van der Waals surface area contributed by atoms with Crippen molar-refractivity contribution in [3.05, 3.63) is 39.3 Å². The zero-order valence-corrected chi connectivity index (χ0v) is 14.0. The van der Waals surface area contributed by atoms with Gasteiger partial charge in [0.05, 0.1) is 0 Å². The number of aromatic amines is 1. The van der Waals surface area contributed by atoms with Gasteiger partial charge in [-0.2, -0.15) is 0 Å². The first-order valence-corrected chi connectivity index (χ1v) is 7.95.